The molecule has 0 rings (SSSR count). The van der Waals surface area contributed by atoms with E-state index in [0.29, 0.717) is 19.3 Å². The topological polar surface area (TPSA) is 78.9 Å². The fourth-order valence-electron chi connectivity index (χ4n) is 11.2. The van der Waals surface area contributed by atoms with Crippen molar-refractivity contribution in [2.24, 2.45) is 0 Å². The summed E-state index contributed by atoms with van der Waals surface area (Å²) < 4.78 is 16.9. The van der Waals surface area contributed by atoms with Crippen LogP contribution in [0.25, 0.3) is 0 Å². The highest BCUT2D eigenvalue weighted by atomic mass is 16.6. The second kappa shape index (κ2) is 71.8. The Morgan fingerprint density at radius 2 is 0.434 bits per heavy atom. The SMILES string of the molecule is CCCCCCC/C=C\C/C=C\CCCCCCCCCCCCCCCCCCCCCCCCCC(=O)OCC(COC(=O)CCCCCCCCC)OC(=O)CCCCCCCCCCCCC/C=C\C/C=C\CCCCCCC. The van der Waals surface area contributed by atoms with E-state index in [4.69, 9.17) is 14.2 Å². The molecule has 1 unspecified atom stereocenters. The summed E-state index contributed by atoms with van der Waals surface area (Å²) in [5.74, 6) is -0.852. The van der Waals surface area contributed by atoms with Gasteiger partial charge >= 0.3 is 17.9 Å². The van der Waals surface area contributed by atoms with Gasteiger partial charge in [0.25, 0.3) is 0 Å². The lowest BCUT2D eigenvalue weighted by molar-refractivity contribution is -0.167. The number of hydrogen-bond acceptors (Lipinski definition) is 6. The van der Waals surface area contributed by atoms with Gasteiger partial charge in [0.05, 0.1) is 0 Å². The summed E-state index contributed by atoms with van der Waals surface area (Å²) in [4.78, 5) is 38.2. The van der Waals surface area contributed by atoms with E-state index in [-0.39, 0.29) is 31.1 Å². The lowest BCUT2D eigenvalue weighted by Gasteiger charge is -2.18. The second-order valence-electron chi connectivity index (χ2n) is 25.2. The summed E-state index contributed by atoms with van der Waals surface area (Å²) >= 11 is 0. The van der Waals surface area contributed by atoms with Crippen LogP contribution in [0.2, 0.25) is 0 Å². The second-order valence-corrected chi connectivity index (χ2v) is 25.2. The number of hydrogen-bond donors (Lipinski definition) is 0. The average Bonchev–Trinajstić information content (AvgIpc) is 3.49. The monoisotopic (exact) mass is 1160 g/mol. The predicted molar refractivity (Wildman–Crippen MR) is 362 cm³/mol. The number of ether oxygens (including phenoxy) is 3. The number of esters is 3. The highest BCUT2D eigenvalue weighted by molar-refractivity contribution is 5.71. The maximum absolute atomic E-state index is 12.9. The summed E-state index contributed by atoms with van der Waals surface area (Å²) in [6.07, 6.45) is 91.9. The van der Waals surface area contributed by atoms with Crippen LogP contribution in [0, 0.1) is 0 Å². The zero-order chi connectivity index (χ0) is 59.9. The molecular weight excluding hydrogens is 1020 g/mol. The molecule has 0 saturated carbocycles. The Balaban J connectivity index is 3.96. The average molecular weight is 1160 g/mol. The molecule has 0 radical (unpaired) electrons. The first kappa shape index (κ1) is 80.4. The third-order valence-corrected chi connectivity index (χ3v) is 16.8. The third-order valence-electron chi connectivity index (χ3n) is 16.8. The van der Waals surface area contributed by atoms with Gasteiger partial charge in [-0.05, 0) is 83.5 Å². The first-order valence-electron chi connectivity index (χ1n) is 37.1. The van der Waals surface area contributed by atoms with Crippen molar-refractivity contribution in [1.82, 2.24) is 0 Å². The van der Waals surface area contributed by atoms with Gasteiger partial charge in [0.2, 0.25) is 0 Å². The first-order chi connectivity index (χ1) is 41.0. The lowest BCUT2D eigenvalue weighted by Crippen LogP contribution is -2.30. The van der Waals surface area contributed by atoms with E-state index in [0.717, 1.165) is 70.6 Å². The largest absolute Gasteiger partial charge is 0.462 e. The van der Waals surface area contributed by atoms with Crippen LogP contribution in [0.5, 0.6) is 0 Å². The zero-order valence-corrected chi connectivity index (χ0v) is 56.0. The van der Waals surface area contributed by atoms with E-state index >= 15 is 0 Å². The molecule has 0 aromatic carbocycles. The van der Waals surface area contributed by atoms with Crippen LogP contribution < -0.4 is 0 Å². The van der Waals surface area contributed by atoms with Crippen LogP contribution in [0.1, 0.15) is 406 Å². The number of rotatable bonds is 69. The van der Waals surface area contributed by atoms with Gasteiger partial charge in [0.1, 0.15) is 13.2 Å². The Hall–Kier alpha value is -2.63. The van der Waals surface area contributed by atoms with E-state index in [1.54, 1.807) is 0 Å². The fraction of sp³-hybridized carbons (Fsp3) is 0.857. The molecule has 0 spiro atoms. The summed E-state index contributed by atoms with van der Waals surface area (Å²) in [6.45, 7) is 6.64. The zero-order valence-electron chi connectivity index (χ0n) is 56.0. The Labute approximate surface area is 518 Å². The van der Waals surface area contributed by atoms with Gasteiger partial charge < -0.3 is 14.2 Å². The molecule has 6 nitrogen and oxygen atoms in total. The van der Waals surface area contributed by atoms with Crippen LogP contribution in [-0.2, 0) is 28.6 Å². The Kier molecular flexibility index (Phi) is 69.6. The van der Waals surface area contributed by atoms with Gasteiger partial charge in [-0.2, -0.15) is 0 Å². The van der Waals surface area contributed by atoms with Crippen LogP contribution >= 0.6 is 0 Å². The molecule has 0 aliphatic carbocycles. The number of carbonyl (C=O) groups excluding carboxylic acids is 3. The Morgan fingerprint density at radius 3 is 0.663 bits per heavy atom. The van der Waals surface area contributed by atoms with Crippen molar-refractivity contribution < 1.29 is 28.6 Å². The van der Waals surface area contributed by atoms with Crippen LogP contribution in [-0.4, -0.2) is 37.2 Å². The number of carbonyl (C=O) groups is 3. The van der Waals surface area contributed by atoms with Gasteiger partial charge in [-0.15, -0.1) is 0 Å². The van der Waals surface area contributed by atoms with Crippen LogP contribution in [0.3, 0.4) is 0 Å². The van der Waals surface area contributed by atoms with E-state index in [1.807, 2.05) is 0 Å². The van der Waals surface area contributed by atoms with E-state index in [9.17, 15) is 14.4 Å². The van der Waals surface area contributed by atoms with E-state index in [2.05, 4.69) is 69.4 Å². The lowest BCUT2D eigenvalue weighted by atomic mass is 10.0. The molecule has 0 amide bonds. The summed E-state index contributed by atoms with van der Waals surface area (Å²) in [5, 5.41) is 0. The molecule has 83 heavy (non-hydrogen) atoms. The molecule has 0 N–H and O–H groups in total. The molecule has 0 saturated heterocycles. The highest BCUT2D eigenvalue weighted by Crippen LogP contribution is 2.19. The van der Waals surface area contributed by atoms with Crippen molar-refractivity contribution in [2.75, 3.05) is 13.2 Å². The van der Waals surface area contributed by atoms with E-state index in [1.165, 1.54) is 295 Å². The number of unbranched alkanes of at least 4 members (excludes halogenated alkanes) is 50. The Bertz CT molecular complexity index is 1430. The summed E-state index contributed by atoms with van der Waals surface area (Å²) in [7, 11) is 0. The molecule has 1 atom stereocenters. The standard InChI is InChI=1S/C77H142O6/c1-4-7-10-13-16-18-20-22-24-26-28-30-32-33-34-35-36-37-38-39-40-41-42-43-45-46-48-50-52-54-56-58-61-64-67-70-76(79)82-73-74(72-81-75(78)69-66-63-60-15-12-9-6-3)83-77(80)71-68-65-62-59-57-55-53-51-49-47-44-31-29-27-25-23-21-19-17-14-11-8-5-2/h20-23,26-29,74H,4-19,24-25,30-73H2,1-3H3/b22-20-,23-21-,28-26-,29-27-. The van der Waals surface area contributed by atoms with Crippen molar-refractivity contribution in [3.8, 4) is 0 Å². The minimum absolute atomic E-state index is 0.0683. The van der Waals surface area contributed by atoms with Crippen molar-refractivity contribution in [1.29, 1.82) is 0 Å². The maximum Gasteiger partial charge on any atom is 0.306 e. The van der Waals surface area contributed by atoms with E-state index < -0.39 is 6.10 Å². The molecule has 0 aromatic heterocycles. The quantitative estimate of drug-likeness (QED) is 0.0261. The van der Waals surface area contributed by atoms with Gasteiger partial charge in [-0.3, -0.25) is 14.4 Å². The smallest absolute Gasteiger partial charge is 0.306 e. The first-order valence-corrected chi connectivity index (χ1v) is 37.1. The van der Waals surface area contributed by atoms with Crippen molar-refractivity contribution in [2.45, 2.75) is 412 Å². The molecule has 486 valence electrons. The molecule has 6 heteroatoms. The molecule has 0 fully saturated rings. The van der Waals surface area contributed by atoms with Gasteiger partial charge in [0.15, 0.2) is 6.10 Å². The third kappa shape index (κ3) is 70.0. The van der Waals surface area contributed by atoms with Crippen molar-refractivity contribution >= 4 is 17.9 Å². The minimum Gasteiger partial charge on any atom is -0.462 e. The van der Waals surface area contributed by atoms with Crippen LogP contribution in [0.4, 0.5) is 0 Å². The molecule has 0 aliphatic rings. The van der Waals surface area contributed by atoms with Crippen molar-refractivity contribution in [3.63, 3.8) is 0 Å². The minimum atomic E-state index is -0.770. The molecule has 0 heterocycles. The summed E-state index contributed by atoms with van der Waals surface area (Å²) in [6, 6.07) is 0. The normalized spacial score (nSPS) is 12.3. The summed E-state index contributed by atoms with van der Waals surface area (Å²) in [5.41, 5.74) is 0. The molecule has 0 aliphatic heterocycles. The van der Waals surface area contributed by atoms with Gasteiger partial charge in [0, 0.05) is 19.3 Å². The van der Waals surface area contributed by atoms with Crippen LogP contribution in [0.15, 0.2) is 48.6 Å². The van der Waals surface area contributed by atoms with Gasteiger partial charge in [-0.25, -0.2) is 0 Å². The Morgan fingerprint density at radius 1 is 0.241 bits per heavy atom. The van der Waals surface area contributed by atoms with Crippen molar-refractivity contribution in [3.05, 3.63) is 48.6 Å². The molecular formula is C77H142O6. The fourth-order valence-corrected chi connectivity index (χ4v) is 11.2. The highest BCUT2D eigenvalue weighted by Gasteiger charge is 2.19. The van der Waals surface area contributed by atoms with Gasteiger partial charge in [-0.1, -0.05) is 352 Å². The predicted octanol–water partition coefficient (Wildman–Crippen LogP) is 25.7. The maximum atomic E-state index is 12.9. The molecule has 0 bridgehead atoms. The molecule has 0 aromatic rings. The number of allylic oxidation sites excluding steroid dienone is 8.